The first kappa shape index (κ1) is 29.1. The number of nitrogens with zero attached hydrogens (tertiary/aromatic N) is 5. The van der Waals surface area contributed by atoms with E-state index in [2.05, 4.69) is 30.3 Å². The molecule has 0 aliphatic carbocycles. The quantitative estimate of drug-likeness (QED) is 0.309. The third-order valence-electron chi connectivity index (χ3n) is 8.71. The number of pyridine rings is 1. The summed E-state index contributed by atoms with van der Waals surface area (Å²) in [5, 5.41) is 5.61. The Bertz CT molecular complexity index is 1350. The molecule has 4 aliphatic heterocycles. The van der Waals surface area contributed by atoms with E-state index < -0.39 is 23.8 Å². The summed E-state index contributed by atoms with van der Waals surface area (Å²) in [5.74, 6) is -0.0925. The number of anilines is 2. The van der Waals surface area contributed by atoms with Gasteiger partial charge in [0.1, 0.15) is 17.6 Å². The number of ether oxygens (including phenoxy) is 1. The first-order valence-corrected chi connectivity index (χ1v) is 15.4. The number of piperazine rings is 2. The number of benzene rings is 1. The highest BCUT2D eigenvalue weighted by molar-refractivity contribution is 6.25. The first-order chi connectivity index (χ1) is 21.0. The number of hydrogen-bond donors (Lipinski definition) is 2. The molecule has 6 rings (SSSR count). The summed E-state index contributed by atoms with van der Waals surface area (Å²) in [5.41, 5.74) is 1.42. The van der Waals surface area contributed by atoms with Crippen molar-refractivity contribution in [1.29, 1.82) is 0 Å². The topological polar surface area (TPSA) is 127 Å². The highest BCUT2D eigenvalue weighted by atomic mass is 16.5. The van der Waals surface area contributed by atoms with Gasteiger partial charge < -0.3 is 19.9 Å². The molecule has 4 aliphatic rings. The molecule has 0 spiro atoms. The number of piperidine rings is 1. The standard InChI is InChI=1S/C31H39N7O5/c39-27-10-8-25(29(40)34-27)38-30(41)23-5-4-6-24(28(23)31(38)42)36-18-16-35(17-19-36)13-2-1-3-20-43-22-7-9-26(33-21-22)37-14-11-32-12-15-37/h4-7,9,21,25,32H,1-3,8,10-20H2,(H,34,39,40). The molecule has 2 N–H and O–H groups in total. The lowest BCUT2D eigenvalue weighted by Gasteiger charge is -2.36. The molecule has 228 valence electrons. The van der Waals surface area contributed by atoms with E-state index in [1.54, 1.807) is 12.1 Å². The van der Waals surface area contributed by atoms with Gasteiger partial charge in [-0.25, -0.2) is 4.98 Å². The predicted molar refractivity (Wildman–Crippen MR) is 160 cm³/mol. The molecule has 3 fully saturated rings. The van der Waals surface area contributed by atoms with Crippen molar-refractivity contribution in [2.75, 3.05) is 75.3 Å². The third kappa shape index (κ3) is 6.35. The van der Waals surface area contributed by atoms with Gasteiger partial charge in [0.15, 0.2) is 0 Å². The van der Waals surface area contributed by atoms with Crippen molar-refractivity contribution < 1.29 is 23.9 Å². The molecule has 5 heterocycles. The van der Waals surface area contributed by atoms with Crippen molar-refractivity contribution in [1.82, 2.24) is 25.4 Å². The zero-order valence-electron chi connectivity index (χ0n) is 24.4. The molecule has 1 atom stereocenters. The molecule has 3 saturated heterocycles. The normalized spacial score (nSPS) is 21.3. The average Bonchev–Trinajstić information content (AvgIpc) is 3.29. The van der Waals surface area contributed by atoms with E-state index in [1.165, 1.54) is 0 Å². The zero-order chi connectivity index (χ0) is 29.8. The molecule has 1 unspecified atom stereocenters. The SMILES string of the molecule is O=C1CCC(N2C(=O)c3cccc(N4CCN(CCCCCOc5ccc(N6CCNCC6)nc5)CC4)c3C2=O)C(=O)N1. The Kier molecular flexibility index (Phi) is 8.85. The summed E-state index contributed by atoms with van der Waals surface area (Å²) < 4.78 is 5.91. The van der Waals surface area contributed by atoms with Crippen molar-refractivity contribution in [2.45, 2.75) is 38.1 Å². The van der Waals surface area contributed by atoms with Crippen LogP contribution in [0.25, 0.3) is 0 Å². The molecule has 0 bridgehead atoms. The van der Waals surface area contributed by atoms with Gasteiger partial charge in [-0.05, 0) is 56.5 Å². The second kappa shape index (κ2) is 13.1. The molecule has 12 nitrogen and oxygen atoms in total. The second-order valence-corrected chi connectivity index (χ2v) is 11.5. The Morgan fingerprint density at radius 3 is 2.42 bits per heavy atom. The van der Waals surface area contributed by atoms with Crippen LogP contribution in [0, 0.1) is 0 Å². The van der Waals surface area contributed by atoms with Crippen LogP contribution in [0.2, 0.25) is 0 Å². The van der Waals surface area contributed by atoms with Crippen molar-refractivity contribution in [2.24, 2.45) is 0 Å². The smallest absolute Gasteiger partial charge is 0.264 e. The summed E-state index contributed by atoms with van der Waals surface area (Å²) in [4.78, 5) is 63.1. The number of aromatic nitrogens is 1. The fraction of sp³-hybridized carbons (Fsp3) is 0.516. The van der Waals surface area contributed by atoms with E-state index in [0.29, 0.717) is 17.7 Å². The van der Waals surface area contributed by atoms with Crippen LogP contribution in [0.1, 0.15) is 52.8 Å². The Balaban J connectivity index is 0.932. The molecule has 0 radical (unpaired) electrons. The minimum absolute atomic E-state index is 0.105. The number of imide groups is 2. The van der Waals surface area contributed by atoms with Crippen LogP contribution in [0.4, 0.5) is 11.5 Å². The fourth-order valence-electron chi connectivity index (χ4n) is 6.32. The van der Waals surface area contributed by atoms with Crippen LogP contribution in [-0.4, -0.2) is 110 Å². The van der Waals surface area contributed by atoms with Gasteiger partial charge in [-0.2, -0.15) is 0 Å². The second-order valence-electron chi connectivity index (χ2n) is 11.5. The largest absolute Gasteiger partial charge is 0.492 e. The molecule has 43 heavy (non-hydrogen) atoms. The van der Waals surface area contributed by atoms with Gasteiger partial charge in [-0.1, -0.05) is 6.07 Å². The fourth-order valence-corrected chi connectivity index (χ4v) is 6.32. The molecule has 12 heteroatoms. The lowest BCUT2D eigenvalue weighted by atomic mass is 10.0. The summed E-state index contributed by atoms with van der Waals surface area (Å²) in [6.07, 6.45) is 5.21. The van der Waals surface area contributed by atoms with E-state index in [4.69, 9.17) is 4.74 Å². The minimum Gasteiger partial charge on any atom is -0.492 e. The highest BCUT2D eigenvalue weighted by Gasteiger charge is 2.46. The number of amides is 4. The molecule has 1 aromatic carbocycles. The average molecular weight is 590 g/mol. The molecule has 1 aromatic heterocycles. The summed E-state index contributed by atoms with van der Waals surface area (Å²) in [6, 6.07) is 8.39. The molecular formula is C31H39N7O5. The van der Waals surface area contributed by atoms with Gasteiger partial charge in [0.25, 0.3) is 11.8 Å². The number of hydrogen-bond acceptors (Lipinski definition) is 10. The van der Waals surface area contributed by atoms with E-state index >= 15 is 0 Å². The third-order valence-corrected chi connectivity index (χ3v) is 8.71. The van der Waals surface area contributed by atoms with Crippen LogP contribution in [0.5, 0.6) is 5.75 Å². The molecular weight excluding hydrogens is 550 g/mol. The van der Waals surface area contributed by atoms with Crippen LogP contribution in [0.15, 0.2) is 36.5 Å². The highest BCUT2D eigenvalue weighted by Crippen LogP contribution is 2.34. The summed E-state index contributed by atoms with van der Waals surface area (Å²) in [6.45, 7) is 8.82. The van der Waals surface area contributed by atoms with Crippen LogP contribution >= 0.6 is 0 Å². The lowest BCUT2D eigenvalue weighted by Crippen LogP contribution is -2.54. The molecule has 0 saturated carbocycles. The Labute approximate surface area is 251 Å². The maximum absolute atomic E-state index is 13.4. The number of nitrogens with one attached hydrogen (secondary N) is 2. The van der Waals surface area contributed by atoms with E-state index in [-0.39, 0.29) is 18.7 Å². The van der Waals surface area contributed by atoms with Crippen molar-refractivity contribution >= 4 is 35.1 Å². The number of carbonyl (C=O) groups excluding carboxylic acids is 4. The number of unbranched alkanes of at least 4 members (excludes halogenated alkanes) is 2. The monoisotopic (exact) mass is 589 g/mol. The van der Waals surface area contributed by atoms with Gasteiger partial charge in [0, 0.05) is 58.8 Å². The number of fused-ring (bicyclic) bond motifs is 1. The summed E-state index contributed by atoms with van der Waals surface area (Å²) in [7, 11) is 0. The lowest BCUT2D eigenvalue weighted by molar-refractivity contribution is -0.136. The van der Waals surface area contributed by atoms with E-state index in [1.807, 2.05) is 24.4 Å². The van der Waals surface area contributed by atoms with Crippen LogP contribution < -0.4 is 25.2 Å². The Morgan fingerprint density at radius 2 is 1.67 bits per heavy atom. The van der Waals surface area contributed by atoms with Gasteiger partial charge in [0.2, 0.25) is 11.8 Å². The number of rotatable bonds is 10. The summed E-state index contributed by atoms with van der Waals surface area (Å²) >= 11 is 0. The molecule has 2 aromatic rings. The molecule has 4 amide bonds. The van der Waals surface area contributed by atoms with Gasteiger partial charge in [-0.15, -0.1) is 0 Å². The predicted octanol–water partition coefficient (Wildman–Crippen LogP) is 1.26. The van der Waals surface area contributed by atoms with Crippen molar-refractivity contribution in [3.05, 3.63) is 47.7 Å². The Hall–Kier alpha value is -4.03. The maximum Gasteiger partial charge on any atom is 0.264 e. The van der Waals surface area contributed by atoms with E-state index in [9.17, 15) is 19.2 Å². The van der Waals surface area contributed by atoms with Gasteiger partial charge in [0.05, 0.1) is 29.6 Å². The minimum atomic E-state index is -0.959. The van der Waals surface area contributed by atoms with Crippen molar-refractivity contribution in [3.8, 4) is 5.75 Å². The van der Waals surface area contributed by atoms with Crippen molar-refractivity contribution in [3.63, 3.8) is 0 Å². The van der Waals surface area contributed by atoms with Crippen LogP contribution in [0.3, 0.4) is 0 Å². The number of carbonyl (C=O) groups is 4. The maximum atomic E-state index is 13.4. The van der Waals surface area contributed by atoms with E-state index in [0.717, 1.165) is 100 Å². The van der Waals surface area contributed by atoms with Crippen LogP contribution in [-0.2, 0) is 9.59 Å². The Morgan fingerprint density at radius 1 is 0.860 bits per heavy atom. The first-order valence-electron chi connectivity index (χ1n) is 15.4. The zero-order valence-corrected chi connectivity index (χ0v) is 24.4. The van der Waals surface area contributed by atoms with Gasteiger partial charge >= 0.3 is 0 Å². The van der Waals surface area contributed by atoms with Gasteiger partial charge in [-0.3, -0.25) is 34.3 Å².